The average Bonchev–Trinajstić information content (AvgIpc) is 2.16. The molecule has 1 aromatic rings. The molecule has 1 N–H and O–H groups in total. The van der Waals surface area contributed by atoms with Gasteiger partial charge in [0.1, 0.15) is 6.07 Å². The van der Waals surface area contributed by atoms with Gasteiger partial charge < -0.3 is 5.11 Å². The number of hydrogen-bond acceptors (Lipinski definition) is 2. The van der Waals surface area contributed by atoms with Crippen LogP contribution in [0.4, 0.5) is 0 Å². The number of benzene rings is 1. The van der Waals surface area contributed by atoms with Crippen LogP contribution in [0.2, 0.25) is 5.02 Å². The normalized spacial score (nSPS) is 12.2. The first kappa shape index (κ1) is 10.0. The molecule has 0 amide bonds. The molecule has 0 bridgehead atoms. The number of hydrogen-bond donors (Lipinski definition) is 1. The first-order chi connectivity index (χ1) is 6.20. The lowest BCUT2D eigenvalue weighted by molar-refractivity contribution is 0.273. The highest BCUT2D eigenvalue weighted by atomic mass is 35.5. The fourth-order valence-electron chi connectivity index (χ4n) is 1.17. The van der Waals surface area contributed by atoms with Crippen molar-refractivity contribution in [3.8, 4) is 6.07 Å². The molecule has 0 aliphatic rings. The van der Waals surface area contributed by atoms with Gasteiger partial charge in [0.15, 0.2) is 0 Å². The van der Waals surface area contributed by atoms with Gasteiger partial charge in [-0.1, -0.05) is 30.7 Å². The van der Waals surface area contributed by atoms with Crippen LogP contribution < -0.4 is 0 Å². The lowest BCUT2D eigenvalue weighted by Gasteiger charge is -2.10. The van der Waals surface area contributed by atoms with Crippen molar-refractivity contribution in [3.05, 3.63) is 34.3 Å². The molecular weight excluding hydrogens is 186 g/mol. The molecule has 1 rings (SSSR count). The molecule has 0 aliphatic heterocycles. The molecule has 0 aliphatic carbocycles. The van der Waals surface area contributed by atoms with E-state index in [0.717, 1.165) is 5.56 Å². The smallest absolute Gasteiger partial charge is 0.101 e. The van der Waals surface area contributed by atoms with Crippen LogP contribution in [0, 0.1) is 11.3 Å². The lowest BCUT2D eigenvalue weighted by Crippen LogP contribution is -2.01. The second kappa shape index (κ2) is 4.27. The summed E-state index contributed by atoms with van der Waals surface area (Å²) >= 11 is 5.83. The first-order valence-corrected chi connectivity index (χ1v) is 4.38. The Balaban J connectivity index is 3.22. The number of aliphatic hydroxyl groups excluding tert-OH is 1. The summed E-state index contributed by atoms with van der Waals surface area (Å²) < 4.78 is 0. The van der Waals surface area contributed by atoms with Gasteiger partial charge in [0, 0.05) is 12.5 Å². The molecule has 0 radical (unpaired) electrons. The largest absolute Gasteiger partial charge is 0.396 e. The highest BCUT2D eigenvalue weighted by Crippen LogP contribution is 2.24. The van der Waals surface area contributed by atoms with Gasteiger partial charge in [-0.3, -0.25) is 0 Å². The SMILES string of the molecule is CC(CO)c1cccc(Cl)c1C#N. The molecule has 0 aromatic heterocycles. The van der Waals surface area contributed by atoms with Crippen LogP contribution in [0.25, 0.3) is 0 Å². The maximum absolute atomic E-state index is 8.95. The summed E-state index contributed by atoms with van der Waals surface area (Å²) in [7, 11) is 0. The van der Waals surface area contributed by atoms with Crippen molar-refractivity contribution in [2.24, 2.45) is 0 Å². The summed E-state index contributed by atoms with van der Waals surface area (Å²) in [6.07, 6.45) is 0. The molecule has 3 heteroatoms. The van der Waals surface area contributed by atoms with E-state index in [4.69, 9.17) is 22.0 Å². The summed E-state index contributed by atoms with van der Waals surface area (Å²) in [5.41, 5.74) is 1.27. The highest BCUT2D eigenvalue weighted by molar-refractivity contribution is 6.31. The number of halogens is 1. The van der Waals surface area contributed by atoms with E-state index >= 15 is 0 Å². The third-order valence-corrected chi connectivity index (χ3v) is 2.28. The van der Waals surface area contributed by atoms with E-state index in [2.05, 4.69) is 0 Å². The second-order valence-electron chi connectivity index (χ2n) is 2.90. The van der Waals surface area contributed by atoms with E-state index in [1.165, 1.54) is 0 Å². The Bertz CT molecular complexity index is 343. The van der Waals surface area contributed by atoms with Crippen LogP contribution in [0.5, 0.6) is 0 Å². The van der Waals surface area contributed by atoms with Crippen LogP contribution in [0.3, 0.4) is 0 Å². The summed E-state index contributed by atoms with van der Waals surface area (Å²) in [4.78, 5) is 0. The second-order valence-corrected chi connectivity index (χ2v) is 3.31. The quantitative estimate of drug-likeness (QED) is 0.787. The third kappa shape index (κ3) is 2.00. The van der Waals surface area contributed by atoms with Gasteiger partial charge in [0.2, 0.25) is 0 Å². The summed E-state index contributed by atoms with van der Waals surface area (Å²) in [6, 6.07) is 7.30. The monoisotopic (exact) mass is 195 g/mol. The van der Waals surface area contributed by atoms with Crippen molar-refractivity contribution in [2.75, 3.05) is 6.61 Å². The molecule has 1 unspecified atom stereocenters. The average molecular weight is 196 g/mol. The highest BCUT2D eigenvalue weighted by Gasteiger charge is 2.11. The number of nitriles is 1. The van der Waals surface area contributed by atoms with Gasteiger partial charge >= 0.3 is 0 Å². The van der Waals surface area contributed by atoms with Crippen LogP contribution in [-0.2, 0) is 0 Å². The zero-order valence-corrected chi connectivity index (χ0v) is 8.04. The van der Waals surface area contributed by atoms with E-state index in [1.54, 1.807) is 12.1 Å². The van der Waals surface area contributed by atoms with Crippen LogP contribution in [0.1, 0.15) is 24.0 Å². The van der Waals surface area contributed by atoms with Gasteiger partial charge in [-0.15, -0.1) is 0 Å². The van der Waals surface area contributed by atoms with Crippen molar-refractivity contribution in [2.45, 2.75) is 12.8 Å². The summed E-state index contributed by atoms with van der Waals surface area (Å²) in [5.74, 6) is -0.0478. The third-order valence-electron chi connectivity index (χ3n) is 1.96. The molecule has 0 saturated heterocycles. The van der Waals surface area contributed by atoms with E-state index < -0.39 is 0 Å². The van der Waals surface area contributed by atoms with Crippen molar-refractivity contribution in [1.82, 2.24) is 0 Å². The molecule has 1 aromatic carbocycles. The Morgan fingerprint density at radius 3 is 2.85 bits per heavy atom. The summed E-state index contributed by atoms with van der Waals surface area (Å²) in [5, 5.41) is 18.2. The Labute approximate surface area is 82.4 Å². The molecule has 1 atom stereocenters. The first-order valence-electron chi connectivity index (χ1n) is 4.00. The van der Waals surface area contributed by atoms with Crippen molar-refractivity contribution >= 4 is 11.6 Å². The molecule has 0 heterocycles. The zero-order chi connectivity index (χ0) is 9.84. The predicted octanol–water partition coefficient (Wildman–Crippen LogP) is 2.31. The van der Waals surface area contributed by atoms with E-state index in [0.29, 0.717) is 10.6 Å². The Morgan fingerprint density at radius 1 is 1.62 bits per heavy atom. The standard InChI is InChI=1S/C10H10ClNO/c1-7(6-13)8-3-2-4-10(11)9(8)5-12/h2-4,7,13H,6H2,1H3. The number of rotatable bonds is 2. The van der Waals surface area contributed by atoms with Crippen molar-refractivity contribution in [1.29, 1.82) is 5.26 Å². The number of nitrogens with zero attached hydrogens (tertiary/aromatic N) is 1. The molecule has 2 nitrogen and oxygen atoms in total. The van der Waals surface area contributed by atoms with Gasteiger partial charge in [0.25, 0.3) is 0 Å². The van der Waals surface area contributed by atoms with Gasteiger partial charge in [-0.2, -0.15) is 5.26 Å². The van der Waals surface area contributed by atoms with Gasteiger partial charge in [-0.25, -0.2) is 0 Å². The minimum atomic E-state index is -0.0478. The van der Waals surface area contributed by atoms with Crippen molar-refractivity contribution < 1.29 is 5.11 Å². The van der Waals surface area contributed by atoms with Crippen molar-refractivity contribution in [3.63, 3.8) is 0 Å². The maximum atomic E-state index is 8.95. The predicted molar refractivity (Wildman–Crippen MR) is 51.7 cm³/mol. The minimum absolute atomic E-state index is 0.0228. The van der Waals surface area contributed by atoms with E-state index in [9.17, 15) is 0 Å². The minimum Gasteiger partial charge on any atom is -0.396 e. The maximum Gasteiger partial charge on any atom is 0.101 e. The van der Waals surface area contributed by atoms with Crippen LogP contribution in [0.15, 0.2) is 18.2 Å². The molecule has 68 valence electrons. The van der Waals surface area contributed by atoms with Gasteiger partial charge in [0.05, 0.1) is 10.6 Å². The molecular formula is C10H10ClNO. The van der Waals surface area contributed by atoms with Crippen LogP contribution >= 0.6 is 11.6 Å². The number of aliphatic hydroxyl groups is 1. The fraction of sp³-hybridized carbons (Fsp3) is 0.300. The Hall–Kier alpha value is -1.04. The van der Waals surface area contributed by atoms with Gasteiger partial charge in [-0.05, 0) is 11.6 Å². The molecule has 0 fully saturated rings. The Morgan fingerprint density at radius 2 is 2.31 bits per heavy atom. The Kier molecular flexibility index (Phi) is 3.30. The van der Waals surface area contributed by atoms with E-state index in [1.807, 2.05) is 19.1 Å². The molecule has 0 saturated carbocycles. The lowest BCUT2D eigenvalue weighted by atomic mass is 9.97. The van der Waals surface area contributed by atoms with Crippen LogP contribution in [-0.4, -0.2) is 11.7 Å². The van der Waals surface area contributed by atoms with E-state index in [-0.39, 0.29) is 12.5 Å². The summed E-state index contributed by atoms with van der Waals surface area (Å²) in [6.45, 7) is 1.88. The topological polar surface area (TPSA) is 44.0 Å². The molecule has 0 spiro atoms. The molecule has 13 heavy (non-hydrogen) atoms. The zero-order valence-electron chi connectivity index (χ0n) is 7.29. The fourth-order valence-corrected chi connectivity index (χ4v) is 1.39.